The zero-order valence-corrected chi connectivity index (χ0v) is 15.9. The molecule has 0 spiro atoms. The van der Waals surface area contributed by atoms with Gasteiger partial charge in [0.1, 0.15) is 0 Å². The minimum Gasteiger partial charge on any atom is -0.298 e. The van der Waals surface area contributed by atoms with Crippen molar-refractivity contribution in [3.05, 3.63) is 76.8 Å². The molecule has 0 aliphatic heterocycles. The summed E-state index contributed by atoms with van der Waals surface area (Å²) in [7, 11) is 0. The number of hydrogen-bond donors (Lipinski definition) is 1. The molecule has 0 saturated heterocycles. The Bertz CT molecular complexity index is 1200. The predicted molar refractivity (Wildman–Crippen MR) is 107 cm³/mol. The SMILES string of the molecule is Cc1ccc(-c2csc(NC(=O)c3cnc4ccccc4c3C(F)(F)F)n2)cc1. The fraction of sp³-hybridized carbons (Fsp3) is 0.0952. The number of carbonyl (C=O) groups excluding carboxylic acids is 1. The van der Waals surface area contributed by atoms with Gasteiger partial charge >= 0.3 is 6.18 Å². The van der Waals surface area contributed by atoms with E-state index in [1.54, 1.807) is 11.4 Å². The van der Waals surface area contributed by atoms with Crippen molar-refractivity contribution in [2.75, 3.05) is 5.32 Å². The first-order valence-electron chi connectivity index (χ1n) is 8.62. The molecular weight excluding hydrogens is 399 g/mol. The monoisotopic (exact) mass is 413 g/mol. The number of anilines is 1. The number of carbonyl (C=O) groups is 1. The van der Waals surface area contributed by atoms with Gasteiger partial charge in [0.05, 0.1) is 22.3 Å². The Hall–Kier alpha value is -3.26. The van der Waals surface area contributed by atoms with Gasteiger partial charge in [0.2, 0.25) is 0 Å². The lowest BCUT2D eigenvalue weighted by molar-refractivity contribution is -0.136. The maximum atomic E-state index is 13.7. The van der Waals surface area contributed by atoms with Crippen molar-refractivity contribution in [1.29, 1.82) is 0 Å². The van der Waals surface area contributed by atoms with Crippen molar-refractivity contribution in [3.8, 4) is 11.3 Å². The number of amides is 1. The Morgan fingerprint density at radius 2 is 1.79 bits per heavy atom. The Kier molecular flexibility index (Phi) is 4.79. The standard InChI is InChI=1S/C21H14F3N3OS/c1-12-6-8-13(9-7-12)17-11-29-20(26-17)27-19(28)15-10-25-16-5-3-2-4-14(16)18(15)21(22,23)24/h2-11H,1H3,(H,26,27,28). The number of hydrogen-bond acceptors (Lipinski definition) is 4. The van der Waals surface area contributed by atoms with E-state index in [0.717, 1.165) is 28.7 Å². The molecule has 0 radical (unpaired) electrons. The van der Waals surface area contributed by atoms with Crippen LogP contribution in [0.15, 0.2) is 60.1 Å². The molecule has 1 N–H and O–H groups in total. The highest BCUT2D eigenvalue weighted by Gasteiger charge is 2.37. The molecule has 0 fully saturated rings. The van der Waals surface area contributed by atoms with Gasteiger partial charge in [-0.25, -0.2) is 4.98 Å². The van der Waals surface area contributed by atoms with Crippen molar-refractivity contribution in [3.63, 3.8) is 0 Å². The van der Waals surface area contributed by atoms with Crippen LogP contribution in [-0.4, -0.2) is 15.9 Å². The highest BCUT2D eigenvalue weighted by atomic mass is 32.1. The normalized spacial score (nSPS) is 11.6. The van der Waals surface area contributed by atoms with Crippen LogP contribution in [0.2, 0.25) is 0 Å². The van der Waals surface area contributed by atoms with Crippen molar-refractivity contribution < 1.29 is 18.0 Å². The molecule has 0 unspecified atom stereocenters. The van der Waals surface area contributed by atoms with Crippen LogP contribution >= 0.6 is 11.3 Å². The average Bonchev–Trinajstić information content (AvgIpc) is 3.15. The number of fused-ring (bicyclic) bond motifs is 1. The van der Waals surface area contributed by atoms with E-state index < -0.39 is 23.2 Å². The van der Waals surface area contributed by atoms with E-state index in [0.29, 0.717) is 5.69 Å². The fourth-order valence-corrected chi connectivity index (χ4v) is 3.69. The van der Waals surface area contributed by atoms with E-state index in [9.17, 15) is 18.0 Å². The molecule has 4 aromatic rings. The molecule has 2 heterocycles. The van der Waals surface area contributed by atoms with E-state index in [2.05, 4.69) is 15.3 Å². The van der Waals surface area contributed by atoms with Crippen LogP contribution in [0.4, 0.5) is 18.3 Å². The number of nitrogens with one attached hydrogen (secondary N) is 1. The van der Waals surface area contributed by atoms with Crippen LogP contribution in [0.1, 0.15) is 21.5 Å². The number of rotatable bonds is 3. The maximum absolute atomic E-state index is 13.7. The topological polar surface area (TPSA) is 54.9 Å². The molecule has 0 saturated carbocycles. The molecule has 2 aromatic carbocycles. The second-order valence-electron chi connectivity index (χ2n) is 6.42. The van der Waals surface area contributed by atoms with Gasteiger partial charge in [-0.05, 0) is 13.0 Å². The van der Waals surface area contributed by atoms with Crippen LogP contribution in [0.5, 0.6) is 0 Å². The van der Waals surface area contributed by atoms with Gasteiger partial charge in [-0.2, -0.15) is 13.2 Å². The van der Waals surface area contributed by atoms with Crippen LogP contribution in [0, 0.1) is 6.92 Å². The van der Waals surface area contributed by atoms with Crippen LogP contribution in [0.3, 0.4) is 0 Å². The molecule has 146 valence electrons. The van der Waals surface area contributed by atoms with Crippen LogP contribution in [0.25, 0.3) is 22.2 Å². The third-order valence-corrected chi connectivity index (χ3v) is 5.13. The number of thiazole rings is 1. The summed E-state index contributed by atoms with van der Waals surface area (Å²) in [4.78, 5) is 20.9. The van der Waals surface area contributed by atoms with Gasteiger partial charge < -0.3 is 0 Å². The lowest BCUT2D eigenvalue weighted by Crippen LogP contribution is -2.19. The van der Waals surface area contributed by atoms with Gasteiger partial charge in [0.15, 0.2) is 5.13 Å². The van der Waals surface area contributed by atoms with Crippen molar-refractivity contribution in [2.45, 2.75) is 13.1 Å². The lowest BCUT2D eigenvalue weighted by Gasteiger charge is -2.14. The minimum atomic E-state index is -4.70. The Morgan fingerprint density at radius 1 is 1.07 bits per heavy atom. The fourth-order valence-electron chi connectivity index (χ4n) is 2.97. The molecule has 2 aromatic heterocycles. The maximum Gasteiger partial charge on any atom is 0.417 e. The second-order valence-corrected chi connectivity index (χ2v) is 7.28. The summed E-state index contributed by atoms with van der Waals surface area (Å²) in [6, 6.07) is 13.5. The number of nitrogens with zero attached hydrogens (tertiary/aromatic N) is 2. The summed E-state index contributed by atoms with van der Waals surface area (Å²) < 4.78 is 41.1. The summed E-state index contributed by atoms with van der Waals surface area (Å²) >= 11 is 1.14. The predicted octanol–water partition coefficient (Wildman–Crippen LogP) is 5.94. The van der Waals surface area contributed by atoms with Gasteiger partial charge in [-0.3, -0.25) is 15.1 Å². The van der Waals surface area contributed by atoms with E-state index in [4.69, 9.17) is 0 Å². The molecule has 8 heteroatoms. The largest absolute Gasteiger partial charge is 0.417 e. The molecule has 29 heavy (non-hydrogen) atoms. The zero-order valence-electron chi connectivity index (χ0n) is 15.1. The molecule has 0 atom stereocenters. The quantitative estimate of drug-likeness (QED) is 0.452. The minimum absolute atomic E-state index is 0.118. The van der Waals surface area contributed by atoms with Crippen LogP contribution < -0.4 is 5.32 Å². The smallest absolute Gasteiger partial charge is 0.298 e. The van der Waals surface area contributed by atoms with E-state index in [-0.39, 0.29) is 16.0 Å². The molecule has 0 aliphatic carbocycles. The summed E-state index contributed by atoms with van der Waals surface area (Å²) in [5.74, 6) is -0.902. The molecule has 1 amide bonds. The summed E-state index contributed by atoms with van der Waals surface area (Å²) in [5.41, 5.74) is 1.22. The Labute approximate surface area is 168 Å². The van der Waals surface area contributed by atoms with E-state index in [1.165, 1.54) is 18.2 Å². The third kappa shape index (κ3) is 3.84. The summed E-state index contributed by atoms with van der Waals surface area (Å²) in [5, 5.41) is 4.30. The van der Waals surface area contributed by atoms with E-state index in [1.807, 2.05) is 31.2 Å². The lowest BCUT2D eigenvalue weighted by atomic mass is 10.0. The number of para-hydroxylation sites is 1. The highest BCUT2D eigenvalue weighted by Crippen LogP contribution is 2.37. The van der Waals surface area contributed by atoms with Crippen molar-refractivity contribution >= 4 is 33.3 Å². The zero-order chi connectivity index (χ0) is 20.6. The molecular formula is C21H14F3N3OS. The average molecular weight is 413 g/mol. The first-order chi connectivity index (χ1) is 13.8. The van der Waals surface area contributed by atoms with Crippen LogP contribution in [-0.2, 0) is 6.18 Å². The number of alkyl halides is 3. The summed E-state index contributed by atoms with van der Waals surface area (Å²) in [6.45, 7) is 1.96. The third-order valence-electron chi connectivity index (χ3n) is 4.38. The van der Waals surface area contributed by atoms with E-state index >= 15 is 0 Å². The molecule has 4 rings (SSSR count). The number of halogens is 3. The van der Waals surface area contributed by atoms with Crippen molar-refractivity contribution in [2.24, 2.45) is 0 Å². The van der Waals surface area contributed by atoms with Gasteiger partial charge in [-0.1, -0.05) is 48.0 Å². The first kappa shape index (κ1) is 19.1. The number of pyridine rings is 1. The number of benzene rings is 2. The number of aromatic nitrogens is 2. The number of aryl methyl sites for hydroxylation is 1. The first-order valence-corrected chi connectivity index (χ1v) is 9.50. The van der Waals surface area contributed by atoms with Gasteiger partial charge in [0.25, 0.3) is 5.91 Å². The summed E-state index contributed by atoms with van der Waals surface area (Å²) in [6.07, 6.45) is -3.75. The highest BCUT2D eigenvalue weighted by molar-refractivity contribution is 7.14. The molecule has 4 nitrogen and oxygen atoms in total. The van der Waals surface area contributed by atoms with Crippen molar-refractivity contribution in [1.82, 2.24) is 9.97 Å². The Morgan fingerprint density at radius 3 is 2.52 bits per heavy atom. The molecule has 0 bridgehead atoms. The Balaban J connectivity index is 1.67. The second kappa shape index (κ2) is 7.29. The molecule has 0 aliphatic rings. The van der Waals surface area contributed by atoms with Gasteiger partial charge in [-0.15, -0.1) is 11.3 Å². The van der Waals surface area contributed by atoms with Gasteiger partial charge in [0, 0.05) is 22.5 Å².